The van der Waals surface area contributed by atoms with Crippen LogP contribution in [-0.2, 0) is 4.74 Å². The van der Waals surface area contributed by atoms with Crippen molar-refractivity contribution in [3.05, 3.63) is 70.2 Å². The third-order valence-electron chi connectivity index (χ3n) is 5.00. The van der Waals surface area contributed by atoms with E-state index in [2.05, 4.69) is 5.32 Å². The van der Waals surface area contributed by atoms with E-state index in [-0.39, 0.29) is 23.8 Å². The molecule has 1 N–H and O–H groups in total. The summed E-state index contributed by atoms with van der Waals surface area (Å²) in [4.78, 5) is 39.7. The normalized spacial score (nSPS) is 14.8. The maximum atomic E-state index is 12.9. The van der Waals surface area contributed by atoms with Crippen molar-refractivity contribution in [3.63, 3.8) is 0 Å². The minimum Gasteiger partial charge on any atom is -0.444 e. The molecule has 1 heterocycles. The fraction of sp³-hybridized carbons (Fsp3) is 0.375. The van der Waals surface area contributed by atoms with E-state index >= 15 is 0 Å². The molecule has 2 amide bonds. The van der Waals surface area contributed by atoms with Crippen molar-refractivity contribution < 1.29 is 19.1 Å². The summed E-state index contributed by atoms with van der Waals surface area (Å²) in [5.74, 6) is -0.532. The highest BCUT2D eigenvalue weighted by Gasteiger charge is 2.28. The molecule has 164 valence electrons. The third-order valence-corrected chi connectivity index (χ3v) is 5.26. The summed E-state index contributed by atoms with van der Waals surface area (Å²) in [5, 5.41) is 3.55. The van der Waals surface area contributed by atoms with Crippen LogP contribution in [0.1, 0.15) is 59.9 Å². The van der Waals surface area contributed by atoms with Gasteiger partial charge in [-0.25, -0.2) is 4.79 Å². The van der Waals surface area contributed by atoms with Crippen LogP contribution in [0.4, 0.5) is 4.79 Å². The Balaban J connectivity index is 1.64. The number of hydrogen-bond acceptors (Lipinski definition) is 4. The van der Waals surface area contributed by atoms with Gasteiger partial charge in [-0.2, -0.15) is 0 Å². The topological polar surface area (TPSA) is 75.7 Å². The highest BCUT2D eigenvalue weighted by atomic mass is 35.5. The molecule has 0 unspecified atom stereocenters. The van der Waals surface area contributed by atoms with Crippen molar-refractivity contribution in [1.82, 2.24) is 10.2 Å². The van der Waals surface area contributed by atoms with Crippen molar-refractivity contribution in [2.45, 2.75) is 45.3 Å². The Morgan fingerprint density at radius 1 is 0.968 bits per heavy atom. The number of benzene rings is 2. The first-order valence-electron chi connectivity index (χ1n) is 10.3. The number of nitrogens with one attached hydrogen (secondary N) is 1. The molecule has 0 atom stereocenters. The first-order valence-corrected chi connectivity index (χ1v) is 10.7. The molecule has 0 aliphatic carbocycles. The van der Waals surface area contributed by atoms with Gasteiger partial charge in [0.2, 0.25) is 0 Å². The molecule has 0 aromatic heterocycles. The molecule has 1 saturated heterocycles. The predicted octanol–water partition coefficient (Wildman–Crippen LogP) is 4.70. The lowest BCUT2D eigenvalue weighted by molar-refractivity contribution is 0.0199. The smallest absolute Gasteiger partial charge is 0.410 e. The van der Waals surface area contributed by atoms with Gasteiger partial charge in [0, 0.05) is 35.3 Å². The molecule has 0 saturated carbocycles. The highest BCUT2D eigenvalue weighted by molar-refractivity contribution is 6.30. The van der Waals surface area contributed by atoms with E-state index < -0.39 is 5.60 Å². The fourth-order valence-corrected chi connectivity index (χ4v) is 3.56. The van der Waals surface area contributed by atoms with Crippen LogP contribution in [-0.4, -0.2) is 47.4 Å². The van der Waals surface area contributed by atoms with Crippen LogP contribution < -0.4 is 5.32 Å². The van der Waals surface area contributed by atoms with Crippen LogP contribution in [0, 0.1) is 0 Å². The molecule has 0 spiro atoms. The SMILES string of the molecule is CC(C)(C)OC(=O)N1CCC(NC(=O)c2ccccc2C(=O)c2ccc(Cl)cc2)CC1. The number of amides is 2. The zero-order valence-corrected chi connectivity index (χ0v) is 18.7. The molecule has 1 aliphatic heterocycles. The number of carbonyl (C=O) groups is 3. The Morgan fingerprint density at radius 2 is 1.55 bits per heavy atom. The van der Waals surface area contributed by atoms with Gasteiger partial charge in [0.25, 0.3) is 5.91 Å². The molecule has 6 nitrogen and oxygen atoms in total. The monoisotopic (exact) mass is 442 g/mol. The predicted molar refractivity (Wildman–Crippen MR) is 120 cm³/mol. The average Bonchev–Trinajstić information content (AvgIpc) is 2.73. The van der Waals surface area contributed by atoms with Gasteiger partial charge in [-0.05, 0) is 63.9 Å². The molecule has 0 radical (unpaired) electrons. The maximum Gasteiger partial charge on any atom is 0.410 e. The quantitative estimate of drug-likeness (QED) is 0.696. The summed E-state index contributed by atoms with van der Waals surface area (Å²) in [5.41, 5.74) is 0.600. The van der Waals surface area contributed by atoms with Crippen molar-refractivity contribution in [3.8, 4) is 0 Å². The van der Waals surface area contributed by atoms with Crippen molar-refractivity contribution >= 4 is 29.4 Å². The second-order valence-electron chi connectivity index (χ2n) is 8.60. The average molecular weight is 443 g/mol. The molecule has 2 aromatic rings. The maximum absolute atomic E-state index is 12.9. The number of hydrogen-bond donors (Lipinski definition) is 1. The zero-order valence-electron chi connectivity index (χ0n) is 18.0. The van der Waals surface area contributed by atoms with Gasteiger partial charge in [0.15, 0.2) is 5.78 Å². The van der Waals surface area contributed by atoms with E-state index in [1.54, 1.807) is 53.4 Å². The standard InChI is InChI=1S/C24H27ClN2O4/c1-24(2,3)31-23(30)27-14-12-18(13-15-27)26-22(29)20-7-5-4-6-19(20)21(28)16-8-10-17(25)11-9-16/h4-11,18H,12-15H2,1-3H3,(H,26,29). The molecule has 2 aromatic carbocycles. The number of rotatable bonds is 4. The number of likely N-dealkylation sites (tertiary alicyclic amines) is 1. The number of piperidine rings is 1. The van der Waals surface area contributed by atoms with E-state index in [4.69, 9.17) is 16.3 Å². The van der Waals surface area contributed by atoms with Crippen LogP contribution >= 0.6 is 11.6 Å². The minimum atomic E-state index is -0.539. The number of ketones is 1. The molecular weight excluding hydrogens is 416 g/mol. The van der Waals surface area contributed by atoms with E-state index in [0.717, 1.165) is 0 Å². The lowest BCUT2D eigenvalue weighted by Gasteiger charge is -2.33. The molecule has 1 fully saturated rings. The number of halogens is 1. The molecule has 3 rings (SSSR count). The van der Waals surface area contributed by atoms with Crippen LogP contribution in [0.15, 0.2) is 48.5 Å². The summed E-state index contributed by atoms with van der Waals surface area (Å²) >= 11 is 5.91. The van der Waals surface area contributed by atoms with Crippen LogP contribution in [0.2, 0.25) is 5.02 Å². The lowest BCUT2D eigenvalue weighted by Crippen LogP contribution is -2.48. The Kier molecular flexibility index (Phi) is 7.01. The van der Waals surface area contributed by atoms with Gasteiger partial charge in [0.1, 0.15) is 5.60 Å². The van der Waals surface area contributed by atoms with Gasteiger partial charge in [0.05, 0.1) is 5.56 Å². The second kappa shape index (κ2) is 9.52. The largest absolute Gasteiger partial charge is 0.444 e. The van der Waals surface area contributed by atoms with Crippen molar-refractivity contribution in [1.29, 1.82) is 0 Å². The Labute approximate surface area is 187 Å². The van der Waals surface area contributed by atoms with Gasteiger partial charge in [-0.15, -0.1) is 0 Å². The Morgan fingerprint density at radius 3 is 2.13 bits per heavy atom. The number of ether oxygens (including phenoxy) is 1. The second-order valence-corrected chi connectivity index (χ2v) is 9.03. The summed E-state index contributed by atoms with van der Waals surface area (Å²) in [7, 11) is 0. The zero-order chi connectivity index (χ0) is 22.6. The molecule has 7 heteroatoms. The van der Waals surface area contributed by atoms with Crippen LogP contribution in [0.5, 0.6) is 0 Å². The Hall–Kier alpha value is -2.86. The highest BCUT2D eigenvalue weighted by Crippen LogP contribution is 2.19. The molecule has 0 bridgehead atoms. The first kappa shape index (κ1) is 22.8. The summed E-state index contributed by atoms with van der Waals surface area (Å²) < 4.78 is 5.41. The number of nitrogens with zero attached hydrogens (tertiary/aromatic N) is 1. The van der Waals surface area contributed by atoms with Gasteiger partial charge >= 0.3 is 6.09 Å². The van der Waals surface area contributed by atoms with Crippen LogP contribution in [0.3, 0.4) is 0 Å². The molecular formula is C24H27ClN2O4. The number of carbonyl (C=O) groups excluding carboxylic acids is 3. The van der Waals surface area contributed by atoms with E-state index in [0.29, 0.717) is 47.6 Å². The van der Waals surface area contributed by atoms with E-state index in [1.807, 2.05) is 20.8 Å². The minimum absolute atomic E-state index is 0.0788. The Bertz CT molecular complexity index is 958. The molecule has 31 heavy (non-hydrogen) atoms. The van der Waals surface area contributed by atoms with Crippen molar-refractivity contribution in [2.75, 3.05) is 13.1 Å². The summed E-state index contributed by atoms with van der Waals surface area (Å²) in [6, 6.07) is 13.3. The van der Waals surface area contributed by atoms with Crippen molar-refractivity contribution in [2.24, 2.45) is 0 Å². The van der Waals surface area contributed by atoms with E-state index in [9.17, 15) is 14.4 Å². The van der Waals surface area contributed by atoms with Gasteiger partial charge in [-0.3, -0.25) is 9.59 Å². The molecule has 1 aliphatic rings. The summed E-state index contributed by atoms with van der Waals surface area (Å²) in [6.07, 6.45) is 0.910. The fourth-order valence-electron chi connectivity index (χ4n) is 3.43. The van der Waals surface area contributed by atoms with E-state index in [1.165, 1.54) is 0 Å². The van der Waals surface area contributed by atoms with Gasteiger partial charge in [-0.1, -0.05) is 29.8 Å². The summed E-state index contributed by atoms with van der Waals surface area (Å²) in [6.45, 7) is 6.51. The van der Waals surface area contributed by atoms with Gasteiger partial charge < -0.3 is 15.0 Å². The lowest BCUT2D eigenvalue weighted by atomic mass is 9.97. The van der Waals surface area contributed by atoms with Crippen LogP contribution in [0.25, 0.3) is 0 Å². The third kappa shape index (κ3) is 6.07. The first-order chi connectivity index (χ1) is 14.6.